The molecule has 0 radical (unpaired) electrons. The van der Waals surface area contributed by atoms with Crippen LogP contribution in [0.1, 0.15) is 25.0 Å². The predicted octanol–water partition coefficient (Wildman–Crippen LogP) is 5.55. The Morgan fingerprint density at radius 3 is 2.57 bits per heavy atom. The molecule has 4 aromatic rings. The van der Waals surface area contributed by atoms with Gasteiger partial charge in [-0.05, 0) is 62.6 Å². The fraction of sp³-hybridized carbons (Fsp3) is 0.286. The van der Waals surface area contributed by atoms with Gasteiger partial charge in [0.15, 0.2) is 5.65 Å². The molecule has 0 spiro atoms. The third-order valence-corrected chi connectivity index (χ3v) is 5.93. The summed E-state index contributed by atoms with van der Waals surface area (Å²) in [5.74, 6) is 0.732. The number of hydrogen-bond acceptors (Lipinski definition) is 4. The van der Waals surface area contributed by atoms with E-state index in [9.17, 15) is 0 Å². The molecule has 2 aromatic carbocycles. The van der Waals surface area contributed by atoms with Crippen molar-refractivity contribution >= 4 is 45.6 Å². The highest BCUT2D eigenvalue weighted by Gasteiger charge is 2.19. The van der Waals surface area contributed by atoms with E-state index in [4.69, 9.17) is 28.2 Å². The molecule has 0 amide bonds. The number of aryl methyl sites for hydroxylation is 1. The summed E-state index contributed by atoms with van der Waals surface area (Å²) in [7, 11) is 0. The van der Waals surface area contributed by atoms with Gasteiger partial charge in [-0.1, -0.05) is 23.2 Å². The maximum absolute atomic E-state index is 6.49. The minimum Gasteiger partial charge on any atom is -0.371 e. The van der Waals surface area contributed by atoms with Crippen LogP contribution in [-0.2, 0) is 0 Å². The molecule has 3 heterocycles. The Kier molecular flexibility index (Phi) is 4.37. The molecular weight excluding hydrogens is 393 g/mol. The summed E-state index contributed by atoms with van der Waals surface area (Å²) in [5.41, 5.74) is 5.33. The van der Waals surface area contributed by atoms with Crippen LogP contribution in [0.25, 0.3) is 28.1 Å². The van der Waals surface area contributed by atoms with Gasteiger partial charge in [0.05, 0.1) is 16.2 Å². The standard InChI is InChI=1S/C21H19Cl2N5/c1-13-20-26-25-18-8-6-15(27-9-3-2-4-10-27)12-19(18)28(20)21(24-13)16-11-14(22)5-7-17(16)23/h5-8,11-12H,2-4,9-10H2,1H3. The Labute approximate surface area is 172 Å². The monoisotopic (exact) mass is 411 g/mol. The van der Waals surface area contributed by atoms with Gasteiger partial charge in [-0.25, -0.2) is 4.98 Å². The lowest BCUT2D eigenvalue weighted by Gasteiger charge is -2.29. The van der Waals surface area contributed by atoms with Gasteiger partial charge in [0, 0.05) is 29.4 Å². The Morgan fingerprint density at radius 1 is 0.929 bits per heavy atom. The van der Waals surface area contributed by atoms with Crippen molar-refractivity contribution in [2.45, 2.75) is 26.2 Å². The van der Waals surface area contributed by atoms with E-state index in [1.165, 1.54) is 24.9 Å². The zero-order valence-corrected chi connectivity index (χ0v) is 17.0. The molecule has 5 rings (SSSR count). The average Bonchev–Trinajstić information content (AvgIpc) is 3.07. The van der Waals surface area contributed by atoms with Crippen molar-refractivity contribution in [1.29, 1.82) is 0 Å². The van der Waals surface area contributed by atoms with Crippen LogP contribution in [0, 0.1) is 6.92 Å². The smallest absolute Gasteiger partial charge is 0.183 e. The van der Waals surface area contributed by atoms with Crippen LogP contribution in [0.5, 0.6) is 0 Å². The van der Waals surface area contributed by atoms with Crippen molar-refractivity contribution in [2.75, 3.05) is 18.0 Å². The first-order valence-corrected chi connectivity index (χ1v) is 10.2. The van der Waals surface area contributed by atoms with Gasteiger partial charge in [0.25, 0.3) is 0 Å². The molecule has 1 fully saturated rings. The summed E-state index contributed by atoms with van der Waals surface area (Å²) in [6, 6.07) is 11.8. The van der Waals surface area contributed by atoms with Crippen molar-refractivity contribution in [3.63, 3.8) is 0 Å². The third kappa shape index (κ3) is 2.90. The molecule has 28 heavy (non-hydrogen) atoms. The lowest BCUT2D eigenvalue weighted by Crippen LogP contribution is -2.29. The van der Waals surface area contributed by atoms with E-state index in [0.29, 0.717) is 10.0 Å². The van der Waals surface area contributed by atoms with E-state index in [1.54, 1.807) is 12.1 Å². The molecule has 1 aliphatic rings. The number of benzene rings is 2. The molecule has 1 saturated heterocycles. The highest BCUT2D eigenvalue weighted by molar-refractivity contribution is 6.35. The minimum atomic E-state index is 0.605. The number of nitrogens with zero attached hydrogens (tertiary/aromatic N) is 5. The van der Waals surface area contributed by atoms with E-state index in [-0.39, 0.29) is 0 Å². The van der Waals surface area contributed by atoms with Gasteiger partial charge in [0.1, 0.15) is 11.3 Å². The summed E-state index contributed by atoms with van der Waals surface area (Å²) in [4.78, 5) is 7.19. The van der Waals surface area contributed by atoms with E-state index in [2.05, 4.69) is 27.2 Å². The number of piperidine rings is 1. The van der Waals surface area contributed by atoms with Crippen molar-refractivity contribution in [2.24, 2.45) is 0 Å². The maximum atomic E-state index is 6.49. The Balaban J connectivity index is 1.79. The maximum Gasteiger partial charge on any atom is 0.183 e. The van der Waals surface area contributed by atoms with Gasteiger partial charge in [-0.3, -0.25) is 4.40 Å². The van der Waals surface area contributed by atoms with Crippen LogP contribution < -0.4 is 4.90 Å². The highest BCUT2D eigenvalue weighted by atomic mass is 35.5. The zero-order chi connectivity index (χ0) is 19.3. The third-order valence-electron chi connectivity index (χ3n) is 5.36. The van der Waals surface area contributed by atoms with Crippen LogP contribution in [0.4, 0.5) is 5.69 Å². The SMILES string of the molecule is Cc1nc(-c2cc(Cl)ccc2Cl)n2c1nnc1ccc(N3CCCCC3)cc12. The molecule has 0 unspecified atom stereocenters. The van der Waals surface area contributed by atoms with Crippen molar-refractivity contribution in [3.05, 3.63) is 52.1 Å². The quantitative estimate of drug-likeness (QED) is 0.433. The van der Waals surface area contributed by atoms with E-state index >= 15 is 0 Å². The van der Waals surface area contributed by atoms with E-state index in [1.807, 2.05) is 23.5 Å². The molecular formula is C21H19Cl2N5. The Hall–Kier alpha value is -2.37. The van der Waals surface area contributed by atoms with Gasteiger partial charge in [0.2, 0.25) is 0 Å². The van der Waals surface area contributed by atoms with Gasteiger partial charge < -0.3 is 4.90 Å². The molecule has 0 bridgehead atoms. The van der Waals surface area contributed by atoms with Crippen molar-refractivity contribution in [3.8, 4) is 11.4 Å². The second kappa shape index (κ2) is 6.90. The number of imidazole rings is 1. The second-order valence-electron chi connectivity index (χ2n) is 7.22. The normalized spacial score (nSPS) is 14.9. The molecule has 5 nitrogen and oxygen atoms in total. The van der Waals surface area contributed by atoms with Crippen LogP contribution in [0.15, 0.2) is 36.4 Å². The molecule has 2 aromatic heterocycles. The number of halogens is 2. The summed E-state index contributed by atoms with van der Waals surface area (Å²) in [6.45, 7) is 4.11. The first kappa shape index (κ1) is 17.7. The van der Waals surface area contributed by atoms with Gasteiger partial charge in [-0.15, -0.1) is 10.2 Å². The highest BCUT2D eigenvalue weighted by Crippen LogP contribution is 2.33. The molecule has 0 atom stereocenters. The first-order chi connectivity index (χ1) is 13.6. The molecule has 0 saturated carbocycles. The van der Waals surface area contributed by atoms with E-state index < -0.39 is 0 Å². The molecule has 7 heteroatoms. The van der Waals surface area contributed by atoms with Crippen molar-refractivity contribution in [1.82, 2.24) is 19.6 Å². The lowest BCUT2D eigenvalue weighted by molar-refractivity contribution is 0.578. The van der Waals surface area contributed by atoms with Crippen LogP contribution in [-0.4, -0.2) is 32.7 Å². The number of rotatable bonds is 2. The average molecular weight is 412 g/mol. The second-order valence-corrected chi connectivity index (χ2v) is 8.07. The lowest BCUT2D eigenvalue weighted by atomic mass is 10.1. The minimum absolute atomic E-state index is 0.605. The van der Waals surface area contributed by atoms with Crippen molar-refractivity contribution < 1.29 is 0 Å². The van der Waals surface area contributed by atoms with Crippen LogP contribution >= 0.6 is 23.2 Å². The number of hydrogen-bond donors (Lipinski definition) is 0. The van der Waals surface area contributed by atoms with Gasteiger partial charge >= 0.3 is 0 Å². The molecule has 142 valence electrons. The fourth-order valence-corrected chi connectivity index (χ4v) is 4.32. The Morgan fingerprint density at radius 2 is 1.75 bits per heavy atom. The number of anilines is 1. The zero-order valence-electron chi connectivity index (χ0n) is 15.5. The largest absolute Gasteiger partial charge is 0.371 e. The molecule has 0 N–H and O–H groups in total. The topological polar surface area (TPSA) is 46.3 Å². The van der Waals surface area contributed by atoms with Crippen LogP contribution in [0.2, 0.25) is 10.0 Å². The first-order valence-electron chi connectivity index (χ1n) is 9.48. The fourth-order valence-electron chi connectivity index (χ4n) is 3.94. The summed E-state index contributed by atoms with van der Waals surface area (Å²) in [5, 5.41) is 10.0. The number of fused-ring (bicyclic) bond motifs is 3. The Bertz CT molecular complexity index is 1190. The van der Waals surface area contributed by atoms with Crippen LogP contribution in [0.3, 0.4) is 0 Å². The summed E-state index contributed by atoms with van der Waals surface area (Å²) >= 11 is 12.7. The summed E-state index contributed by atoms with van der Waals surface area (Å²) in [6.07, 6.45) is 3.77. The predicted molar refractivity (Wildman–Crippen MR) is 115 cm³/mol. The summed E-state index contributed by atoms with van der Waals surface area (Å²) < 4.78 is 2.04. The molecule has 0 aliphatic carbocycles. The number of aromatic nitrogens is 4. The van der Waals surface area contributed by atoms with E-state index in [0.717, 1.165) is 46.9 Å². The van der Waals surface area contributed by atoms with Gasteiger partial charge in [-0.2, -0.15) is 0 Å². The molecule has 1 aliphatic heterocycles.